The van der Waals surface area contributed by atoms with E-state index in [0.29, 0.717) is 36.9 Å². The maximum Gasteiger partial charge on any atom is 0.410 e. The quantitative estimate of drug-likeness (QED) is 0.421. The average molecular weight is 509 g/mol. The smallest absolute Gasteiger partial charge is 0.410 e. The van der Waals surface area contributed by atoms with E-state index in [2.05, 4.69) is 15.8 Å². The van der Waals surface area contributed by atoms with Gasteiger partial charge in [0.05, 0.1) is 5.69 Å². The SMILES string of the molecule is O=C(Nc1ccc2c(c1)CCN(C(=O)O[C@H]1CC[C@H](Cc3cc(O)no3)CC1)C2)Nc1ccccc1F. The van der Waals surface area contributed by atoms with Crippen LogP contribution in [0.1, 0.15) is 42.6 Å². The van der Waals surface area contributed by atoms with Crippen molar-refractivity contribution in [3.05, 3.63) is 71.2 Å². The first-order chi connectivity index (χ1) is 17.9. The second-order valence-corrected chi connectivity index (χ2v) is 9.60. The monoisotopic (exact) mass is 508 g/mol. The van der Waals surface area contributed by atoms with Gasteiger partial charge in [-0.15, -0.1) is 0 Å². The first kappa shape index (κ1) is 24.6. The van der Waals surface area contributed by atoms with Crippen molar-refractivity contribution in [2.45, 2.75) is 51.2 Å². The van der Waals surface area contributed by atoms with Gasteiger partial charge in [-0.2, -0.15) is 0 Å². The van der Waals surface area contributed by atoms with Gasteiger partial charge in [-0.3, -0.25) is 0 Å². The second kappa shape index (κ2) is 10.9. The Morgan fingerprint density at radius 3 is 2.65 bits per heavy atom. The Hall–Kier alpha value is -4.08. The lowest BCUT2D eigenvalue weighted by Crippen LogP contribution is -2.39. The Kier molecular flexibility index (Phi) is 7.25. The van der Waals surface area contributed by atoms with Crippen molar-refractivity contribution < 1.29 is 28.3 Å². The fourth-order valence-corrected chi connectivity index (χ4v) is 4.99. The van der Waals surface area contributed by atoms with Gasteiger partial charge < -0.3 is 29.9 Å². The number of nitrogens with one attached hydrogen (secondary N) is 2. The Labute approximate surface area is 213 Å². The number of urea groups is 1. The molecule has 2 aliphatic rings. The molecule has 0 spiro atoms. The number of ether oxygens (including phenoxy) is 1. The normalized spacial score (nSPS) is 19.1. The summed E-state index contributed by atoms with van der Waals surface area (Å²) in [5.74, 6) is 0.490. The van der Waals surface area contributed by atoms with Gasteiger partial charge in [-0.05, 0) is 78.6 Å². The van der Waals surface area contributed by atoms with Gasteiger partial charge in [0.1, 0.15) is 17.7 Å². The van der Waals surface area contributed by atoms with E-state index in [1.54, 1.807) is 29.2 Å². The van der Waals surface area contributed by atoms with Gasteiger partial charge in [0.25, 0.3) is 5.88 Å². The van der Waals surface area contributed by atoms with Crippen LogP contribution in [0.5, 0.6) is 5.88 Å². The van der Waals surface area contributed by atoms with Crippen molar-refractivity contribution >= 4 is 23.5 Å². The van der Waals surface area contributed by atoms with Crippen LogP contribution in [-0.2, 0) is 24.1 Å². The van der Waals surface area contributed by atoms with E-state index in [0.717, 1.165) is 43.2 Å². The van der Waals surface area contributed by atoms with Crippen LogP contribution in [0.15, 0.2) is 53.1 Å². The van der Waals surface area contributed by atoms with Crippen LogP contribution in [0.2, 0.25) is 0 Å². The molecule has 3 amide bonds. The number of amides is 3. The Balaban J connectivity index is 1.09. The molecule has 1 saturated carbocycles. The minimum absolute atomic E-state index is 0.0987. The first-order valence-electron chi connectivity index (χ1n) is 12.5. The fraction of sp³-hybridized carbons (Fsp3) is 0.370. The molecule has 3 N–H and O–H groups in total. The molecule has 0 radical (unpaired) electrons. The number of para-hydroxylation sites is 1. The molecule has 2 heterocycles. The van der Waals surface area contributed by atoms with E-state index in [1.807, 2.05) is 12.1 Å². The summed E-state index contributed by atoms with van der Waals surface area (Å²) in [7, 11) is 0. The number of hydrogen-bond donors (Lipinski definition) is 3. The molecule has 10 heteroatoms. The fourth-order valence-electron chi connectivity index (χ4n) is 4.99. The molecule has 194 valence electrons. The molecular formula is C27H29FN4O5. The van der Waals surface area contributed by atoms with Gasteiger partial charge in [-0.25, -0.2) is 14.0 Å². The van der Waals surface area contributed by atoms with Gasteiger partial charge >= 0.3 is 12.1 Å². The third kappa shape index (κ3) is 6.19. The number of benzene rings is 2. The van der Waals surface area contributed by atoms with Crippen LogP contribution in [0.25, 0.3) is 0 Å². The predicted octanol–water partition coefficient (Wildman–Crippen LogP) is 5.46. The van der Waals surface area contributed by atoms with E-state index in [1.165, 1.54) is 12.1 Å². The van der Waals surface area contributed by atoms with E-state index >= 15 is 0 Å². The van der Waals surface area contributed by atoms with Gasteiger partial charge in [0.2, 0.25) is 0 Å². The highest BCUT2D eigenvalue weighted by atomic mass is 19.1. The van der Waals surface area contributed by atoms with Crippen molar-refractivity contribution in [1.29, 1.82) is 0 Å². The van der Waals surface area contributed by atoms with Crippen molar-refractivity contribution in [1.82, 2.24) is 10.1 Å². The lowest BCUT2D eigenvalue weighted by molar-refractivity contribution is 0.0347. The highest BCUT2D eigenvalue weighted by Gasteiger charge is 2.28. The minimum Gasteiger partial charge on any atom is -0.491 e. The maximum atomic E-state index is 13.8. The van der Waals surface area contributed by atoms with Crippen molar-refractivity contribution in [3.8, 4) is 5.88 Å². The molecule has 1 aliphatic carbocycles. The lowest BCUT2D eigenvalue weighted by atomic mass is 9.85. The second-order valence-electron chi connectivity index (χ2n) is 9.60. The minimum atomic E-state index is -0.528. The van der Waals surface area contributed by atoms with Crippen LogP contribution in [0, 0.1) is 11.7 Å². The number of carbonyl (C=O) groups excluding carboxylic acids is 2. The summed E-state index contributed by atoms with van der Waals surface area (Å²) in [5, 5.41) is 18.1. The molecule has 0 atom stereocenters. The van der Waals surface area contributed by atoms with Crippen LogP contribution in [0.4, 0.5) is 25.4 Å². The standard InChI is InChI=1S/C27H29FN4O5/c28-23-3-1-2-4-24(23)30-26(34)29-20-8-7-19-16-32(12-11-18(19)14-20)27(35)36-21-9-5-17(6-10-21)13-22-15-25(33)31-37-22/h1-4,7-8,14-15,17,21H,5-6,9-13,16H2,(H,31,33)(H2,29,30,34)/t17-,21-. The van der Waals surface area contributed by atoms with Gasteiger partial charge in [0, 0.05) is 31.3 Å². The zero-order valence-electron chi connectivity index (χ0n) is 20.3. The number of rotatable bonds is 5. The summed E-state index contributed by atoms with van der Waals surface area (Å²) in [6.45, 7) is 0.973. The highest BCUT2D eigenvalue weighted by Crippen LogP contribution is 2.31. The molecular weight excluding hydrogens is 479 g/mol. The Morgan fingerprint density at radius 1 is 1.08 bits per heavy atom. The Morgan fingerprint density at radius 2 is 1.89 bits per heavy atom. The summed E-state index contributed by atoms with van der Waals surface area (Å²) in [6.07, 6.45) is 4.39. The molecule has 9 nitrogen and oxygen atoms in total. The van der Waals surface area contributed by atoms with Crippen LogP contribution in [-0.4, -0.2) is 39.9 Å². The van der Waals surface area contributed by atoms with Crippen LogP contribution >= 0.6 is 0 Å². The predicted molar refractivity (Wildman–Crippen MR) is 134 cm³/mol. The van der Waals surface area contributed by atoms with Crippen LogP contribution < -0.4 is 10.6 Å². The zero-order valence-corrected chi connectivity index (χ0v) is 20.3. The molecule has 1 aliphatic heterocycles. The number of carbonyl (C=O) groups is 2. The van der Waals surface area contributed by atoms with Crippen molar-refractivity contribution in [3.63, 3.8) is 0 Å². The van der Waals surface area contributed by atoms with Crippen molar-refractivity contribution in [2.75, 3.05) is 17.2 Å². The Bertz CT molecular complexity index is 1270. The summed E-state index contributed by atoms with van der Waals surface area (Å²) in [6, 6.07) is 12.5. The molecule has 0 saturated heterocycles. The molecule has 37 heavy (non-hydrogen) atoms. The lowest BCUT2D eigenvalue weighted by Gasteiger charge is -2.32. The summed E-state index contributed by atoms with van der Waals surface area (Å²) in [5.41, 5.74) is 2.76. The molecule has 1 fully saturated rings. The molecule has 0 bridgehead atoms. The number of hydrogen-bond acceptors (Lipinski definition) is 6. The molecule has 5 rings (SSSR count). The summed E-state index contributed by atoms with van der Waals surface area (Å²) in [4.78, 5) is 26.8. The average Bonchev–Trinajstić information content (AvgIpc) is 3.30. The number of fused-ring (bicyclic) bond motifs is 1. The number of anilines is 2. The van der Waals surface area contributed by atoms with Crippen LogP contribution in [0.3, 0.4) is 0 Å². The topological polar surface area (TPSA) is 117 Å². The zero-order chi connectivity index (χ0) is 25.8. The third-order valence-electron chi connectivity index (χ3n) is 6.95. The van der Waals surface area contributed by atoms with E-state index < -0.39 is 11.8 Å². The number of aromatic nitrogens is 1. The maximum absolute atomic E-state index is 13.8. The van der Waals surface area contributed by atoms with E-state index in [-0.39, 0.29) is 23.8 Å². The third-order valence-corrected chi connectivity index (χ3v) is 6.95. The van der Waals surface area contributed by atoms with Gasteiger partial charge in [0.15, 0.2) is 0 Å². The highest BCUT2D eigenvalue weighted by molar-refractivity contribution is 5.99. The molecule has 2 aromatic carbocycles. The van der Waals surface area contributed by atoms with E-state index in [4.69, 9.17) is 9.26 Å². The summed E-state index contributed by atoms with van der Waals surface area (Å²) >= 11 is 0. The summed E-state index contributed by atoms with van der Waals surface area (Å²) < 4.78 is 24.7. The largest absolute Gasteiger partial charge is 0.491 e. The molecule has 3 aromatic rings. The molecule has 0 unspecified atom stereocenters. The molecule has 1 aromatic heterocycles. The van der Waals surface area contributed by atoms with Crippen molar-refractivity contribution in [2.24, 2.45) is 5.92 Å². The number of aromatic hydroxyl groups is 1. The van der Waals surface area contributed by atoms with Gasteiger partial charge in [-0.1, -0.05) is 18.2 Å². The first-order valence-corrected chi connectivity index (χ1v) is 12.5. The van der Waals surface area contributed by atoms with E-state index in [9.17, 15) is 19.1 Å². The number of halogens is 1. The number of nitrogens with zero attached hydrogens (tertiary/aromatic N) is 2.